The van der Waals surface area contributed by atoms with E-state index in [1.807, 2.05) is 6.92 Å². The summed E-state index contributed by atoms with van der Waals surface area (Å²) in [5.41, 5.74) is 0. The third-order valence-electron chi connectivity index (χ3n) is 5.63. The minimum Gasteiger partial charge on any atom is -0.480 e. The molecular weight excluding hydrogens is 280 g/mol. The summed E-state index contributed by atoms with van der Waals surface area (Å²) >= 11 is 3.60. The summed E-state index contributed by atoms with van der Waals surface area (Å²) in [7, 11) is 0. The molecule has 4 fully saturated rings. The highest BCUT2D eigenvalue weighted by Crippen LogP contribution is 2.61. The summed E-state index contributed by atoms with van der Waals surface area (Å²) in [6.45, 7) is 2.01. The first-order chi connectivity index (χ1) is 8.04. The second-order valence-corrected chi connectivity index (χ2v) is 7.89. The van der Waals surface area contributed by atoms with Gasteiger partial charge in [0.1, 0.15) is 4.32 Å². The van der Waals surface area contributed by atoms with Gasteiger partial charge < -0.3 is 5.11 Å². The van der Waals surface area contributed by atoms with E-state index < -0.39 is 10.3 Å². The standard InChI is InChI=1S/C14H21BrO2/c1-2-14(15,13(16)17)12-10-4-8-3-9(6-10)7-11(12)5-8/h8-12H,2-7H2,1H3,(H,16,17). The number of hydrogen-bond donors (Lipinski definition) is 1. The summed E-state index contributed by atoms with van der Waals surface area (Å²) < 4.78 is -0.657. The fraction of sp³-hybridized carbons (Fsp3) is 0.929. The maximum Gasteiger partial charge on any atom is 0.320 e. The SMILES string of the molecule is CCC(Br)(C(=O)O)C1C2CC3CC(C2)CC1C3. The Morgan fingerprint density at radius 2 is 1.65 bits per heavy atom. The van der Waals surface area contributed by atoms with Crippen LogP contribution in [0.15, 0.2) is 0 Å². The van der Waals surface area contributed by atoms with Crippen molar-refractivity contribution in [2.75, 3.05) is 0 Å². The van der Waals surface area contributed by atoms with Gasteiger partial charge in [-0.3, -0.25) is 4.79 Å². The number of carboxylic acids is 1. The summed E-state index contributed by atoms with van der Waals surface area (Å²) in [6, 6.07) is 0. The topological polar surface area (TPSA) is 37.3 Å². The van der Waals surface area contributed by atoms with Crippen LogP contribution in [0.1, 0.15) is 45.4 Å². The van der Waals surface area contributed by atoms with E-state index >= 15 is 0 Å². The third kappa shape index (κ3) is 1.68. The van der Waals surface area contributed by atoms with Crippen LogP contribution in [0.25, 0.3) is 0 Å². The first-order valence-electron chi connectivity index (χ1n) is 6.97. The van der Waals surface area contributed by atoms with E-state index in [0.29, 0.717) is 24.2 Å². The average molecular weight is 301 g/mol. The summed E-state index contributed by atoms with van der Waals surface area (Å²) in [4.78, 5) is 11.6. The quantitative estimate of drug-likeness (QED) is 0.807. The number of carbonyl (C=O) groups is 1. The predicted octanol–water partition coefficient (Wildman–Crippen LogP) is 3.69. The molecule has 0 aromatic rings. The van der Waals surface area contributed by atoms with Gasteiger partial charge in [0.25, 0.3) is 0 Å². The predicted molar refractivity (Wildman–Crippen MR) is 70.1 cm³/mol. The van der Waals surface area contributed by atoms with Crippen molar-refractivity contribution in [3.63, 3.8) is 0 Å². The zero-order valence-corrected chi connectivity index (χ0v) is 11.9. The fourth-order valence-corrected chi connectivity index (χ4v) is 5.95. The number of aliphatic carboxylic acids is 1. The van der Waals surface area contributed by atoms with E-state index in [1.165, 1.54) is 32.1 Å². The minimum absolute atomic E-state index is 0.373. The van der Waals surface area contributed by atoms with Gasteiger partial charge in [-0.15, -0.1) is 0 Å². The monoisotopic (exact) mass is 300 g/mol. The molecule has 4 aliphatic carbocycles. The van der Waals surface area contributed by atoms with Crippen LogP contribution in [-0.2, 0) is 4.79 Å². The zero-order valence-electron chi connectivity index (χ0n) is 10.4. The molecule has 2 nitrogen and oxygen atoms in total. The molecule has 1 atom stereocenters. The number of alkyl halides is 1. The third-order valence-corrected chi connectivity index (χ3v) is 7.05. The van der Waals surface area contributed by atoms with Crippen molar-refractivity contribution in [2.45, 2.75) is 49.8 Å². The largest absolute Gasteiger partial charge is 0.480 e. The number of rotatable bonds is 3. The molecule has 96 valence electrons. The molecule has 0 aromatic carbocycles. The molecule has 4 aliphatic rings. The van der Waals surface area contributed by atoms with E-state index in [9.17, 15) is 9.90 Å². The molecule has 4 saturated carbocycles. The fourth-order valence-electron chi connectivity index (χ4n) is 5.20. The summed E-state index contributed by atoms with van der Waals surface area (Å²) in [6.07, 6.45) is 7.29. The van der Waals surface area contributed by atoms with Crippen molar-refractivity contribution >= 4 is 21.9 Å². The lowest BCUT2D eigenvalue weighted by molar-refractivity contribution is -0.147. The van der Waals surface area contributed by atoms with E-state index in [4.69, 9.17) is 0 Å². The molecule has 0 aliphatic heterocycles. The molecule has 0 aromatic heterocycles. The zero-order chi connectivity index (χ0) is 12.2. The van der Waals surface area contributed by atoms with Crippen LogP contribution >= 0.6 is 15.9 Å². The molecule has 4 bridgehead atoms. The number of hydrogen-bond acceptors (Lipinski definition) is 1. The smallest absolute Gasteiger partial charge is 0.320 e. The molecule has 1 unspecified atom stereocenters. The number of carboxylic acid groups (broad SMARTS) is 1. The highest BCUT2D eigenvalue weighted by atomic mass is 79.9. The first-order valence-corrected chi connectivity index (χ1v) is 7.76. The van der Waals surface area contributed by atoms with E-state index in [1.54, 1.807) is 0 Å². The Morgan fingerprint density at radius 3 is 2.00 bits per heavy atom. The van der Waals surface area contributed by atoms with Crippen molar-refractivity contribution in [1.82, 2.24) is 0 Å². The van der Waals surface area contributed by atoms with Crippen molar-refractivity contribution < 1.29 is 9.90 Å². The maximum atomic E-state index is 11.6. The van der Waals surface area contributed by atoms with E-state index in [2.05, 4.69) is 15.9 Å². The van der Waals surface area contributed by atoms with Gasteiger partial charge in [-0.05, 0) is 68.1 Å². The first kappa shape index (κ1) is 12.0. The van der Waals surface area contributed by atoms with Crippen LogP contribution in [0.5, 0.6) is 0 Å². The lowest BCUT2D eigenvalue weighted by Gasteiger charge is -2.57. The Balaban J connectivity index is 1.91. The van der Waals surface area contributed by atoms with Crippen LogP contribution in [0.3, 0.4) is 0 Å². The van der Waals surface area contributed by atoms with Crippen molar-refractivity contribution in [3.05, 3.63) is 0 Å². The maximum absolute atomic E-state index is 11.6. The van der Waals surface area contributed by atoms with Gasteiger partial charge in [0, 0.05) is 0 Å². The van der Waals surface area contributed by atoms with Gasteiger partial charge in [0.05, 0.1) is 0 Å². The highest BCUT2D eigenvalue weighted by Gasteiger charge is 2.57. The second-order valence-electron chi connectivity index (χ2n) is 6.48. The molecule has 17 heavy (non-hydrogen) atoms. The molecular formula is C14H21BrO2. The van der Waals surface area contributed by atoms with E-state index in [0.717, 1.165) is 11.8 Å². The normalized spacial score (nSPS) is 46.8. The lowest BCUT2D eigenvalue weighted by atomic mass is 9.49. The Kier molecular flexibility index (Phi) is 2.81. The Morgan fingerprint density at radius 1 is 1.18 bits per heavy atom. The Bertz CT molecular complexity index is 313. The molecule has 0 amide bonds. The number of halogens is 1. The lowest BCUT2D eigenvalue weighted by Crippen LogP contribution is -2.55. The second kappa shape index (κ2) is 3.97. The van der Waals surface area contributed by atoms with Crippen LogP contribution in [0.2, 0.25) is 0 Å². The highest BCUT2D eigenvalue weighted by molar-refractivity contribution is 9.10. The van der Waals surface area contributed by atoms with Crippen LogP contribution < -0.4 is 0 Å². The summed E-state index contributed by atoms with van der Waals surface area (Å²) in [5.74, 6) is 2.89. The molecule has 0 heterocycles. The average Bonchev–Trinajstić information content (AvgIpc) is 2.26. The molecule has 0 radical (unpaired) electrons. The van der Waals surface area contributed by atoms with Crippen LogP contribution in [-0.4, -0.2) is 15.4 Å². The molecule has 1 N–H and O–H groups in total. The van der Waals surface area contributed by atoms with Crippen LogP contribution in [0.4, 0.5) is 0 Å². The van der Waals surface area contributed by atoms with Crippen molar-refractivity contribution in [2.24, 2.45) is 29.6 Å². The van der Waals surface area contributed by atoms with Gasteiger partial charge >= 0.3 is 5.97 Å². The van der Waals surface area contributed by atoms with Crippen molar-refractivity contribution in [1.29, 1.82) is 0 Å². The van der Waals surface area contributed by atoms with Gasteiger partial charge in [-0.25, -0.2) is 0 Å². The Hall–Kier alpha value is -0.0500. The molecule has 4 rings (SSSR count). The van der Waals surface area contributed by atoms with Gasteiger partial charge in [-0.1, -0.05) is 22.9 Å². The Labute approximate surface area is 111 Å². The van der Waals surface area contributed by atoms with E-state index in [-0.39, 0.29) is 0 Å². The van der Waals surface area contributed by atoms with Gasteiger partial charge in [-0.2, -0.15) is 0 Å². The summed E-state index contributed by atoms with van der Waals surface area (Å²) in [5, 5.41) is 9.57. The molecule has 0 spiro atoms. The van der Waals surface area contributed by atoms with Gasteiger partial charge in [0.2, 0.25) is 0 Å². The minimum atomic E-state index is -0.657. The molecule has 3 heteroatoms. The van der Waals surface area contributed by atoms with Gasteiger partial charge in [0.15, 0.2) is 0 Å². The van der Waals surface area contributed by atoms with Crippen molar-refractivity contribution in [3.8, 4) is 0 Å². The molecule has 0 saturated heterocycles. The van der Waals surface area contributed by atoms with Crippen LogP contribution in [0, 0.1) is 29.6 Å².